The van der Waals surface area contributed by atoms with Crippen LogP contribution >= 0.6 is 11.6 Å². The number of ether oxygens (including phenoxy) is 2. The second kappa shape index (κ2) is 8.95. The maximum Gasteiger partial charge on any atom is 0.260 e. The van der Waals surface area contributed by atoms with Crippen molar-refractivity contribution >= 4 is 28.8 Å². The van der Waals surface area contributed by atoms with Gasteiger partial charge in [-0.15, -0.1) is 0 Å². The number of nitrogen functional groups attached to an aromatic ring is 1. The second-order valence-corrected chi connectivity index (χ2v) is 10.2. The zero-order chi connectivity index (χ0) is 24.9. The van der Waals surface area contributed by atoms with Crippen molar-refractivity contribution < 1.29 is 18.7 Å². The van der Waals surface area contributed by atoms with E-state index in [1.165, 1.54) is 6.07 Å². The number of likely N-dealkylation sites (tertiary alicyclic amines) is 1. The van der Waals surface area contributed by atoms with Gasteiger partial charge in [0.05, 0.1) is 30.0 Å². The molecule has 2 saturated heterocycles. The average molecular weight is 502 g/mol. The monoisotopic (exact) mass is 501 g/mol. The van der Waals surface area contributed by atoms with E-state index in [2.05, 4.69) is 9.97 Å². The molecule has 0 radical (unpaired) electrons. The average Bonchev–Trinajstić information content (AvgIpc) is 3.12. The third-order valence-electron chi connectivity index (χ3n) is 6.92. The van der Waals surface area contributed by atoms with Gasteiger partial charge in [-0.1, -0.05) is 11.6 Å². The number of piperidine rings is 1. The Morgan fingerprint density at radius 2 is 2.06 bits per heavy atom. The fourth-order valence-corrected chi connectivity index (χ4v) is 5.21. The Hall–Kier alpha value is -2.91. The van der Waals surface area contributed by atoms with Gasteiger partial charge >= 0.3 is 0 Å². The smallest absolute Gasteiger partial charge is 0.260 e. The van der Waals surface area contributed by atoms with Crippen LogP contribution in [0.15, 0.2) is 18.5 Å². The molecule has 2 N–H and O–H groups in total. The van der Waals surface area contributed by atoms with Crippen LogP contribution in [0.3, 0.4) is 0 Å². The summed E-state index contributed by atoms with van der Waals surface area (Å²) in [7, 11) is 0. The Balaban J connectivity index is 1.55. The largest absolute Gasteiger partial charge is 0.490 e. The van der Waals surface area contributed by atoms with E-state index in [0.29, 0.717) is 35.8 Å². The summed E-state index contributed by atoms with van der Waals surface area (Å²) in [5.74, 6) is 0.0624. The Labute approximate surface area is 208 Å². The number of carbonyl (C=O) groups excluding carboxylic acids is 1. The maximum absolute atomic E-state index is 15.5. The van der Waals surface area contributed by atoms with Crippen molar-refractivity contribution in [3.63, 3.8) is 0 Å². The third-order valence-corrected chi connectivity index (χ3v) is 7.20. The molecule has 0 bridgehead atoms. The number of fused-ring (bicyclic) bond motifs is 1. The molecule has 1 amide bonds. The van der Waals surface area contributed by atoms with E-state index in [0.717, 1.165) is 31.7 Å². The summed E-state index contributed by atoms with van der Waals surface area (Å²) < 4.78 is 28.8. The summed E-state index contributed by atoms with van der Waals surface area (Å²) in [6, 6.07) is 1.52. The van der Waals surface area contributed by atoms with Crippen LogP contribution in [0, 0.1) is 18.2 Å². The summed E-state index contributed by atoms with van der Waals surface area (Å²) in [5.41, 5.74) is 8.10. The molecule has 1 spiro atoms. The molecular weight excluding hydrogens is 473 g/mol. The molecule has 5 rings (SSSR count). The van der Waals surface area contributed by atoms with Crippen LogP contribution in [-0.4, -0.2) is 57.6 Å². The number of halogens is 2. The number of anilines is 1. The van der Waals surface area contributed by atoms with Crippen LogP contribution in [0.2, 0.25) is 5.02 Å². The van der Waals surface area contributed by atoms with E-state index in [1.54, 1.807) is 17.3 Å². The highest BCUT2D eigenvalue weighted by Crippen LogP contribution is 2.40. The predicted molar refractivity (Wildman–Crippen MR) is 131 cm³/mol. The van der Waals surface area contributed by atoms with Gasteiger partial charge in [-0.05, 0) is 39.7 Å². The summed E-state index contributed by atoms with van der Waals surface area (Å²) in [6.45, 7) is 8.07. The van der Waals surface area contributed by atoms with Crippen LogP contribution in [0.1, 0.15) is 54.1 Å². The topological polar surface area (TPSA) is 95.0 Å². The van der Waals surface area contributed by atoms with E-state index >= 15 is 4.39 Å². The first kappa shape index (κ1) is 23.8. The number of rotatable bonds is 5. The van der Waals surface area contributed by atoms with Crippen molar-refractivity contribution in [1.82, 2.24) is 19.3 Å². The number of aromatic nitrogens is 3. The van der Waals surface area contributed by atoms with Crippen molar-refractivity contribution in [1.29, 1.82) is 0 Å². The molecule has 0 aliphatic carbocycles. The Morgan fingerprint density at radius 1 is 1.34 bits per heavy atom. The van der Waals surface area contributed by atoms with E-state index in [4.69, 9.17) is 26.8 Å². The molecule has 2 aliphatic rings. The molecular formula is C25H29ClFN5O3. The number of aryl methyl sites for hydroxylation is 1. The first-order valence-corrected chi connectivity index (χ1v) is 12.2. The zero-order valence-electron chi connectivity index (χ0n) is 20.1. The molecule has 4 heterocycles. The first-order chi connectivity index (χ1) is 16.7. The number of nitrogens with two attached hydrogens (primary N) is 1. The number of carbonyl (C=O) groups is 1. The molecule has 2 fully saturated rings. The minimum absolute atomic E-state index is 0.124. The van der Waals surface area contributed by atoms with Crippen LogP contribution in [0.5, 0.6) is 5.75 Å². The van der Waals surface area contributed by atoms with Crippen LogP contribution in [0.4, 0.5) is 10.2 Å². The Bertz CT molecular complexity index is 1290. The predicted octanol–water partition coefficient (Wildman–Crippen LogP) is 4.04. The molecule has 0 atom stereocenters. The van der Waals surface area contributed by atoms with Gasteiger partial charge in [0.25, 0.3) is 5.91 Å². The SMILES string of the molecule is Cc1nc(Cc2cc(Cl)c(F)c(C(=O)N3CCC4(CC3)COC4)c2OC(C)C)n2ccnc(N)c12. The Morgan fingerprint density at radius 3 is 2.69 bits per heavy atom. The van der Waals surface area contributed by atoms with Gasteiger partial charge < -0.3 is 20.1 Å². The van der Waals surface area contributed by atoms with E-state index < -0.39 is 11.7 Å². The molecule has 0 unspecified atom stereocenters. The van der Waals surface area contributed by atoms with Gasteiger partial charge in [-0.2, -0.15) is 0 Å². The number of imidazole rings is 1. The number of nitrogens with zero attached hydrogens (tertiary/aromatic N) is 4. The van der Waals surface area contributed by atoms with Gasteiger partial charge in [-0.3, -0.25) is 9.20 Å². The van der Waals surface area contributed by atoms with Crippen LogP contribution < -0.4 is 10.5 Å². The molecule has 2 aromatic heterocycles. The molecule has 35 heavy (non-hydrogen) atoms. The fraction of sp³-hybridized carbons (Fsp3) is 0.480. The number of hydrogen-bond acceptors (Lipinski definition) is 6. The number of hydrogen-bond donors (Lipinski definition) is 1. The summed E-state index contributed by atoms with van der Waals surface area (Å²) in [5, 5.41) is -0.126. The maximum atomic E-state index is 15.5. The van der Waals surface area contributed by atoms with Gasteiger partial charge in [0.15, 0.2) is 5.82 Å². The molecule has 8 nitrogen and oxygen atoms in total. The first-order valence-electron chi connectivity index (χ1n) is 11.8. The van der Waals surface area contributed by atoms with Gasteiger partial charge in [0.1, 0.15) is 28.5 Å². The quantitative estimate of drug-likeness (QED) is 0.567. The minimum Gasteiger partial charge on any atom is -0.490 e. The lowest BCUT2D eigenvalue weighted by Crippen LogP contribution is -2.52. The molecule has 2 aliphatic heterocycles. The standard InChI is InChI=1S/C25H29ClFN5O3/c1-14(2)35-22-16(11-18-30-15(3)21-23(28)29-6-9-32(18)21)10-17(26)20(27)19(22)24(33)31-7-4-25(5-8-31)12-34-13-25/h6,9-10,14H,4-5,7-8,11-13H2,1-3H3,(H2,28,29). The van der Waals surface area contributed by atoms with E-state index in [1.807, 2.05) is 25.2 Å². The fourth-order valence-electron chi connectivity index (χ4n) is 4.99. The van der Waals surface area contributed by atoms with Crippen LogP contribution in [0.25, 0.3) is 5.52 Å². The van der Waals surface area contributed by atoms with Crippen molar-refractivity contribution in [3.8, 4) is 5.75 Å². The van der Waals surface area contributed by atoms with Gasteiger partial charge in [-0.25, -0.2) is 14.4 Å². The summed E-state index contributed by atoms with van der Waals surface area (Å²) in [6.07, 6.45) is 5.03. The van der Waals surface area contributed by atoms with Crippen LogP contribution in [-0.2, 0) is 11.2 Å². The van der Waals surface area contributed by atoms with Crippen molar-refractivity contribution in [2.75, 3.05) is 32.0 Å². The third kappa shape index (κ3) is 4.21. The highest BCUT2D eigenvalue weighted by Gasteiger charge is 2.43. The number of amides is 1. The highest BCUT2D eigenvalue weighted by atomic mass is 35.5. The molecule has 186 valence electrons. The van der Waals surface area contributed by atoms with Gasteiger partial charge in [0, 0.05) is 42.9 Å². The lowest BCUT2D eigenvalue weighted by Gasteiger charge is -2.47. The van der Waals surface area contributed by atoms with E-state index in [9.17, 15) is 4.79 Å². The molecule has 1 aromatic carbocycles. The lowest BCUT2D eigenvalue weighted by molar-refractivity contribution is -0.136. The van der Waals surface area contributed by atoms with Gasteiger partial charge in [0.2, 0.25) is 0 Å². The van der Waals surface area contributed by atoms with E-state index in [-0.39, 0.29) is 34.3 Å². The van der Waals surface area contributed by atoms with Crippen molar-refractivity contribution in [2.45, 2.75) is 46.1 Å². The minimum atomic E-state index is -0.763. The molecule has 3 aromatic rings. The Kier molecular flexibility index (Phi) is 6.09. The zero-order valence-corrected chi connectivity index (χ0v) is 20.9. The molecule has 10 heteroatoms. The highest BCUT2D eigenvalue weighted by molar-refractivity contribution is 6.31. The normalized spacial score (nSPS) is 17.3. The van der Waals surface area contributed by atoms with Crippen molar-refractivity contribution in [3.05, 3.63) is 51.9 Å². The number of benzene rings is 1. The summed E-state index contributed by atoms with van der Waals surface area (Å²) >= 11 is 6.33. The molecule has 0 saturated carbocycles. The van der Waals surface area contributed by atoms with Crippen molar-refractivity contribution in [2.24, 2.45) is 5.41 Å². The second-order valence-electron chi connectivity index (χ2n) is 9.81. The lowest BCUT2D eigenvalue weighted by atomic mass is 9.77. The summed E-state index contributed by atoms with van der Waals surface area (Å²) in [4.78, 5) is 24.1.